The van der Waals surface area contributed by atoms with Crippen molar-refractivity contribution in [2.24, 2.45) is 11.7 Å². The number of ether oxygens (including phenoxy) is 1. The number of carbonyl (C=O) groups excluding carboxylic acids is 1. The van der Waals surface area contributed by atoms with Gasteiger partial charge in [0.15, 0.2) is 0 Å². The van der Waals surface area contributed by atoms with Crippen LogP contribution in [0.25, 0.3) is 0 Å². The van der Waals surface area contributed by atoms with Crippen LogP contribution >= 0.6 is 0 Å². The van der Waals surface area contributed by atoms with Crippen LogP contribution in [0.4, 0.5) is 0 Å². The lowest BCUT2D eigenvalue weighted by molar-refractivity contribution is -0.133. The molecule has 0 radical (unpaired) electrons. The van der Waals surface area contributed by atoms with Gasteiger partial charge in [-0.1, -0.05) is 6.92 Å². The SMILES string of the molecule is COC(C)CCC(=O)N1CCC(N)C(C)C1. The summed E-state index contributed by atoms with van der Waals surface area (Å²) in [6.07, 6.45) is 2.46. The molecule has 3 unspecified atom stereocenters. The molecule has 0 aromatic carbocycles. The van der Waals surface area contributed by atoms with Crippen LogP contribution in [0.2, 0.25) is 0 Å². The van der Waals surface area contributed by atoms with E-state index in [4.69, 9.17) is 10.5 Å². The molecule has 1 fully saturated rings. The fourth-order valence-corrected chi connectivity index (χ4v) is 1.99. The summed E-state index contributed by atoms with van der Waals surface area (Å²) >= 11 is 0. The average Bonchev–Trinajstić information content (AvgIpc) is 2.29. The van der Waals surface area contributed by atoms with E-state index in [1.54, 1.807) is 7.11 Å². The van der Waals surface area contributed by atoms with E-state index >= 15 is 0 Å². The van der Waals surface area contributed by atoms with Crippen molar-refractivity contribution in [3.63, 3.8) is 0 Å². The third-order valence-corrected chi connectivity index (χ3v) is 3.49. The Morgan fingerprint density at radius 3 is 2.88 bits per heavy atom. The van der Waals surface area contributed by atoms with Gasteiger partial charge in [-0.25, -0.2) is 0 Å². The largest absolute Gasteiger partial charge is 0.382 e. The van der Waals surface area contributed by atoms with Crippen molar-refractivity contribution in [2.75, 3.05) is 20.2 Å². The monoisotopic (exact) mass is 228 g/mol. The molecule has 4 nitrogen and oxygen atoms in total. The van der Waals surface area contributed by atoms with E-state index in [1.165, 1.54) is 0 Å². The molecule has 3 atom stereocenters. The van der Waals surface area contributed by atoms with Crippen LogP contribution < -0.4 is 5.73 Å². The fraction of sp³-hybridized carbons (Fsp3) is 0.917. The van der Waals surface area contributed by atoms with Crippen molar-refractivity contribution in [1.29, 1.82) is 0 Å². The van der Waals surface area contributed by atoms with Gasteiger partial charge in [0.05, 0.1) is 6.10 Å². The maximum Gasteiger partial charge on any atom is 0.222 e. The molecule has 4 heteroatoms. The molecular formula is C12H24N2O2. The zero-order valence-corrected chi connectivity index (χ0v) is 10.6. The highest BCUT2D eigenvalue weighted by Crippen LogP contribution is 2.16. The highest BCUT2D eigenvalue weighted by molar-refractivity contribution is 5.76. The second-order valence-corrected chi connectivity index (χ2v) is 4.85. The molecule has 0 aromatic heterocycles. The third-order valence-electron chi connectivity index (χ3n) is 3.49. The number of rotatable bonds is 4. The number of amides is 1. The summed E-state index contributed by atoms with van der Waals surface area (Å²) < 4.78 is 5.14. The Morgan fingerprint density at radius 2 is 2.31 bits per heavy atom. The van der Waals surface area contributed by atoms with Crippen molar-refractivity contribution in [3.8, 4) is 0 Å². The molecule has 2 N–H and O–H groups in total. The lowest BCUT2D eigenvalue weighted by Crippen LogP contribution is -2.48. The smallest absolute Gasteiger partial charge is 0.222 e. The first kappa shape index (κ1) is 13.5. The molecule has 94 valence electrons. The van der Waals surface area contributed by atoms with Gasteiger partial charge < -0.3 is 15.4 Å². The minimum absolute atomic E-state index is 0.161. The van der Waals surface area contributed by atoms with Crippen molar-refractivity contribution in [1.82, 2.24) is 4.90 Å². The van der Waals surface area contributed by atoms with Crippen LogP contribution in [0.1, 0.15) is 33.1 Å². The van der Waals surface area contributed by atoms with Crippen LogP contribution in [-0.4, -0.2) is 43.2 Å². The van der Waals surface area contributed by atoms with Gasteiger partial charge in [-0.15, -0.1) is 0 Å². The van der Waals surface area contributed by atoms with Gasteiger partial charge in [-0.3, -0.25) is 4.79 Å². The van der Waals surface area contributed by atoms with Crippen LogP contribution in [0.3, 0.4) is 0 Å². The molecule has 16 heavy (non-hydrogen) atoms. The first-order valence-electron chi connectivity index (χ1n) is 6.10. The van der Waals surface area contributed by atoms with Crippen LogP contribution in [0.15, 0.2) is 0 Å². The highest BCUT2D eigenvalue weighted by atomic mass is 16.5. The number of hydrogen-bond donors (Lipinski definition) is 1. The predicted octanol–water partition coefficient (Wildman–Crippen LogP) is 0.997. The van der Waals surface area contributed by atoms with Crippen molar-refractivity contribution in [2.45, 2.75) is 45.3 Å². The number of likely N-dealkylation sites (tertiary alicyclic amines) is 1. The molecule has 1 rings (SSSR count). The van der Waals surface area contributed by atoms with Gasteiger partial charge in [0.2, 0.25) is 5.91 Å². The van der Waals surface area contributed by atoms with E-state index in [-0.39, 0.29) is 18.1 Å². The van der Waals surface area contributed by atoms with Gasteiger partial charge in [-0.05, 0) is 25.7 Å². The molecule has 1 aliphatic rings. The maximum absolute atomic E-state index is 11.9. The van der Waals surface area contributed by atoms with Gasteiger partial charge in [0.25, 0.3) is 0 Å². The summed E-state index contributed by atoms with van der Waals surface area (Å²) in [5.41, 5.74) is 5.93. The van der Waals surface area contributed by atoms with Crippen molar-refractivity contribution in [3.05, 3.63) is 0 Å². The number of piperidine rings is 1. The first-order valence-corrected chi connectivity index (χ1v) is 6.10. The van der Waals surface area contributed by atoms with Gasteiger partial charge in [-0.2, -0.15) is 0 Å². The molecule has 1 saturated heterocycles. The van der Waals surface area contributed by atoms with E-state index in [9.17, 15) is 4.79 Å². The zero-order valence-electron chi connectivity index (χ0n) is 10.6. The van der Waals surface area contributed by atoms with E-state index in [0.29, 0.717) is 12.3 Å². The summed E-state index contributed by atoms with van der Waals surface area (Å²) in [6.45, 7) is 5.72. The summed E-state index contributed by atoms with van der Waals surface area (Å²) in [4.78, 5) is 13.8. The van der Waals surface area contributed by atoms with E-state index in [0.717, 1.165) is 25.9 Å². The third kappa shape index (κ3) is 3.76. The minimum Gasteiger partial charge on any atom is -0.382 e. The Morgan fingerprint density at radius 1 is 1.62 bits per heavy atom. The van der Waals surface area contributed by atoms with E-state index in [1.807, 2.05) is 11.8 Å². The summed E-state index contributed by atoms with van der Waals surface area (Å²) in [6, 6.07) is 0.252. The van der Waals surface area contributed by atoms with Gasteiger partial charge >= 0.3 is 0 Å². The molecule has 1 heterocycles. The summed E-state index contributed by atoms with van der Waals surface area (Å²) in [5.74, 6) is 0.653. The summed E-state index contributed by atoms with van der Waals surface area (Å²) in [7, 11) is 1.68. The molecular weight excluding hydrogens is 204 g/mol. The van der Waals surface area contributed by atoms with Crippen molar-refractivity contribution >= 4 is 5.91 Å². The number of carbonyl (C=O) groups is 1. The van der Waals surface area contributed by atoms with Gasteiger partial charge in [0, 0.05) is 32.7 Å². The quantitative estimate of drug-likeness (QED) is 0.781. The standard InChI is InChI=1S/C12H24N2O2/c1-9-8-14(7-6-11(9)13)12(15)5-4-10(2)16-3/h9-11H,4-8,13H2,1-3H3. The number of nitrogens with two attached hydrogens (primary N) is 1. The molecule has 0 spiro atoms. The predicted molar refractivity (Wildman–Crippen MR) is 64.0 cm³/mol. The number of nitrogens with zero attached hydrogens (tertiary/aromatic N) is 1. The first-order chi connectivity index (χ1) is 7.54. The van der Waals surface area contributed by atoms with Crippen LogP contribution in [-0.2, 0) is 9.53 Å². The van der Waals surface area contributed by atoms with Gasteiger partial charge in [0.1, 0.15) is 0 Å². The number of methoxy groups -OCH3 is 1. The van der Waals surface area contributed by atoms with E-state index < -0.39 is 0 Å². The van der Waals surface area contributed by atoms with Crippen LogP contribution in [0.5, 0.6) is 0 Å². The second kappa shape index (κ2) is 6.21. The average molecular weight is 228 g/mol. The molecule has 0 bridgehead atoms. The Labute approximate surface area is 98.1 Å². The highest BCUT2D eigenvalue weighted by Gasteiger charge is 2.25. The molecule has 0 aliphatic carbocycles. The minimum atomic E-state index is 0.161. The lowest BCUT2D eigenvalue weighted by atomic mass is 9.94. The topological polar surface area (TPSA) is 55.6 Å². The van der Waals surface area contributed by atoms with E-state index in [2.05, 4.69) is 6.92 Å². The molecule has 0 saturated carbocycles. The van der Waals surface area contributed by atoms with Crippen LogP contribution in [0, 0.1) is 5.92 Å². The maximum atomic E-state index is 11.9. The number of hydrogen-bond acceptors (Lipinski definition) is 3. The Balaban J connectivity index is 2.32. The normalized spacial score (nSPS) is 27.9. The Hall–Kier alpha value is -0.610. The molecule has 1 aliphatic heterocycles. The zero-order chi connectivity index (χ0) is 12.1. The summed E-state index contributed by atoms with van der Waals surface area (Å²) in [5, 5.41) is 0. The molecule has 0 aromatic rings. The fourth-order valence-electron chi connectivity index (χ4n) is 1.99. The molecule has 1 amide bonds. The second-order valence-electron chi connectivity index (χ2n) is 4.85. The van der Waals surface area contributed by atoms with Crippen molar-refractivity contribution < 1.29 is 9.53 Å². The Kier molecular flexibility index (Phi) is 5.22. The lowest BCUT2D eigenvalue weighted by Gasteiger charge is -2.35. The Bertz CT molecular complexity index is 233.